The second-order valence-electron chi connectivity index (χ2n) is 7.36. The summed E-state index contributed by atoms with van der Waals surface area (Å²) in [6, 6.07) is 10.5. The van der Waals surface area contributed by atoms with Gasteiger partial charge in [0.1, 0.15) is 0 Å². The summed E-state index contributed by atoms with van der Waals surface area (Å²) in [4.78, 5) is 24.5. The quantitative estimate of drug-likeness (QED) is 0.681. The van der Waals surface area contributed by atoms with E-state index < -0.39 is 0 Å². The van der Waals surface area contributed by atoms with Crippen LogP contribution < -0.4 is 10.6 Å². The minimum absolute atomic E-state index is 0.108. The molecule has 1 fully saturated rings. The number of nitrogens with one attached hydrogen (secondary N) is 2. The molecule has 1 aromatic heterocycles. The largest absolute Gasteiger partial charge is 0.459 e. The van der Waals surface area contributed by atoms with Gasteiger partial charge in [-0.3, -0.25) is 9.59 Å². The molecular weight excluding hydrogens is 340 g/mol. The first kappa shape index (κ1) is 19.2. The zero-order chi connectivity index (χ0) is 19.1. The molecular formula is C22H28N2O3. The van der Waals surface area contributed by atoms with Gasteiger partial charge in [0.05, 0.1) is 6.26 Å². The predicted molar refractivity (Wildman–Crippen MR) is 107 cm³/mol. The molecule has 144 valence electrons. The second kappa shape index (κ2) is 9.40. The van der Waals surface area contributed by atoms with Crippen LogP contribution in [0.4, 0.5) is 11.4 Å². The first-order valence-corrected chi connectivity index (χ1v) is 9.91. The molecule has 2 aromatic rings. The van der Waals surface area contributed by atoms with E-state index in [2.05, 4.69) is 17.6 Å². The van der Waals surface area contributed by atoms with E-state index in [0.717, 1.165) is 37.3 Å². The summed E-state index contributed by atoms with van der Waals surface area (Å²) in [6.07, 6.45) is 9.60. The lowest BCUT2D eigenvalue weighted by Gasteiger charge is -2.27. The number of rotatable bonds is 7. The topological polar surface area (TPSA) is 71.3 Å². The summed E-state index contributed by atoms with van der Waals surface area (Å²) in [7, 11) is 0. The van der Waals surface area contributed by atoms with Gasteiger partial charge in [0.15, 0.2) is 5.76 Å². The summed E-state index contributed by atoms with van der Waals surface area (Å²) >= 11 is 0. The molecule has 0 saturated heterocycles. The summed E-state index contributed by atoms with van der Waals surface area (Å²) in [5, 5.41) is 5.77. The van der Waals surface area contributed by atoms with E-state index >= 15 is 0 Å². The highest BCUT2D eigenvalue weighted by Gasteiger charge is 2.26. The van der Waals surface area contributed by atoms with E-state index in [1.165, 1.54) is 25.5 Å². The summed E-state index contributed by atoms with van der Waals surface area (Å²) in [5.74, 6) is 0.988. The van der Waals surface area contributed by atoms with Crippen molar-refractivity contribution in [3.63, 3.8) is 0 Å². The summed E-state index contributed by atoms with van der Waals surface area (Å²) in [6.45, 7) is 2.23. The number of hydrogen-bond acceptors (Lipinski definition) is 3. The van der Waals surface area contributed by atoms with Gasteiger partial charge in [-0.05, 0) is 68.0 Å². The molecule has 0 unspecified atom stereocenters. The molecule has 1 heterocycles. The Labute approximate surface area is 160 Å². The summed E-state index contributed by atoms with van der Waals surface area (Å²) in [5.41, 5.74) is 1.41. The van der Waals surface area contributed by atoms with Crippen LogP contribution in [0.1, 0.15) is 62.4 Å². The standard InChI is InChI=1S/C22H28N2O3/c1-2-3-5-16-7-9-17(10-8-16)21(25)23-18-11-13-19(14-12-18)24-22(26)20-6-4-15-27-20/h4,6,11-17H,2-3,5,7-10H2,1H3,(H,23,25)(H,24,26). The van der Waals surface area contributed by atoms with E-state index in [1.54, 1.807) is 24.3 Å². The van der Waals surface area contributed by atoms with Crippen molar-refractivity contribution < 1.29 is 14.0 Å². The van der Waals surface area contributed by atoms with Crippen molar-refractivity contribution in [1.29, 1.82) is 0 Å². The van der Waals surface area contributed by atoms with Crippen LogP contribution in [0.5, 0.6) is 0 Å². The first-order chi connectivity index (χ1) is 13.2. The van der Waals surface area contributed by atoms with Gasteiger partial charge in [-0.25, -0.2) is 0 Å². The molecule has 2 amide bonds. The monoisotopic (exact) mass is 368 g/mol. The molecule has 0 spiro atoms. The Bertz CT molecular complexity index is 729. The van der Waals surface area contributed by atoms with Crippen LogP contribution in [0.25, 0.3) is 0 Å². The Kier molecular flexibility index (Phi) is 6.69. The van der Waals surface area contributed by atoms with Crippen LogP contribution in [-0.4, -0.2) is 11.8 Å². The van der Waals surface area contributed by atoms with E-state index in [0.29, 0.717) is 5.69 Å². The molecule has 2 N–H and O–H groups in total. The lowest BCUT2D eigenvalue weighted by Crippen LogP contribution is -2.27. The molecule has 27 heavy (non-hydrogen) atoms. The van der Waals surface area contributed by atoms with Crippen molar-refractivity contribution in [3.8, 4) is 0 Å². The Morgan fingerprint density at radius 1 is 1.00 bits per heavy atom. The van der Waals surface area contributed by atoms with Crippen LogP contribution in [-0.2, 0) is 4.79 Å². The lowest BCUT2D eigenvalue weighted by molar-refractivity contribution is -0.121. The highest BCUT2D eigenvalue weighted by Crippen LogP contribution is 2.32. The normalized spacial score (nSPS) is 19.4. The molecule has 1 saturated carbocycles. The number of unbranched alkanes of at least 4 members (excludes halogenated alkanes) is 1. The highest BCUT2D eigenvalue weighted by atomic mass is 16.3. The number of hydrogen-bond donors (Lipinski definition) is 2. The maximum Gasteiger partial charge on any atom is 0.291 e. The minimum atomic E-state index is -0.295. The van der Waals surface area contributed by atoms with Gasteiger partial charge in [0.2, 0.25) is 5.91 Å². The maximum absolute atomic E-state index is 12.5. The molecule has 0 atom stereocenters. The number of benzene rings is 1. The first-order valence-electron chi connectivity index (χ1n) is 9.91. The van der Waals surface area contributed by atoms with Gasteiger partial charge in [0.25, 0.3) is 5.91 Å². The van der Waals surface area contributed by atoms with Crippen LogP contribution in [0.15, 0.2) is 47.1 Å². The fourth-order valence-corrected chi connectivity index (χ4v) is 3.69. The van der Waals surface area contributed by atoms with Crippen molar-refractivity contribution in [2.45, 2.75) is 51.9 Å². The zero-order valence-corrected chi connectivity index (χ0v) is 15.9. The Morgan fingerprint density at radius 2 is 1.67 bits per heavy atom. The molecule has 0 radical (unpaired) electrons. The Balaban J connectivity index is 1.47. The Morgan fingerprint density at radius 3 is 2.26 bits per heavy atom. The average molecular weight is 368 g/mol. The molecule has 3 rings (SSSR count). The second-order valence-corrected chi connectivity index (χ2v) is 7.36. The molecule has 5 nitrogen and oxygen atoms in total. The third kappa shape index (κ3) is 5.46. The zero-order valence-electron chi connectivity index (χ0n) is 15.9. The van der Waals surface area contributed by atoms with E-state index in [4.69, 9.17) is 4.42 Å². The molecule has 1 aliphatic rings. The van der Waals surface area contributed by atoms with Crippen LogP contribution >= 0.6 is 0 Å². The fourth-order valence-electron chi connectivity index (χ4n) is 3.69. The van der Waals surface area contributed by atoms with E-state index in [9.17, 15) is 9.59 Å². The molecule has 1 aromatic carbocycles. The fraction of sp³-hybridized carbons (Fsp3) is 0.455. The van der Waals surface area contributed by atoms with Gasteiger partial charge in [0, 0.05) is 17.3 Å². The minimum Gasteiger partial charge on any atom is -0.459 e. The van der Waals surface area contributed by atoms with E-state index in [-0.39, 0.29) is 23.5 Å². The van der Waals surface area contributed by atoms with Gasteiger partial charge < -0.3 is 15.1 Å². The van der Waals surface area contributed by atoms with Crippen LogP contribution in [0, 0.1) is 11.8 Å². The highest BCUT2D eigenvalue weighted by molar-refractivity contribution is 6.02. The maximum atomic E-state index is 12.5. The molecule has 1 aliphatic carbocycles. The molecule has 0 bridgehead atoms. The molecule has 0 aliphatic heterocycles. The van der Waals surface area contributed by atoms with Crippen molar-refractivity contribution in [1.82, 2.24) is 0 Å². The van der Waals surface area contributed by atoms with Gasteiger partial charge in [-0.2, -0.15) is 0 Å². The van der Waals surface area contributed by atoms with Crippen molar-refractivity contribution >= 4 is 23.2 Å². The number of carbonyl (C=O) groups excluding carboxylic acids is 2. The smallest absolute Gasteiger partial charge is 0.291 e. The van der Waals surface area contributed by atoms with Crippen molar-refractivity contribution in [2.24, 2.45) is 11.8 Å². The van der Waals surface area contributed by atoms with Crippen LogP contribution in [0.3, 0.4) is 0 Å². The van der Waals surface area contributed by atoms with E-state index in [1.807, 2.05) is 12.1 Å². The number of anilines is 2. The predicted octanol–water partition coefficient (Wildman–Crippen LogP) is 5.47. The van der Waals surface area contributed by atoms with Crippen molar-refractivity contribution in [3.05, 3.63) is 48.4 Å². The van der Waals surface area contributed by atoms with Crippen molar-refractivity contribution in [2.75, 3.05) is 10.6 Å². The number of amides is 2. The average Bonchev–Trinajstić information content (AvgIpc) is 3.23. The number of carbonyl (C=O) groups is 2. The van der Waals surface area contributed by atoms with Crippen LogP contribution in [0.2, 0.25) is 0 Å². The SMILES string of the molecule is CCCCC1CCC(C(=O)Nc2ccc(NC(=O)c3ccco3)cc2)CC1. The molecule has 5 heteroatoms. The number of furan rings is 1. The summed E-state index contributed by atoms with van der Waals surface area (Å²) < 4.78 is 5.07. The Hall–Kier alpha value is -2.56. The third-order valence-electron chi connectivity index (χ3n) is 5.34. The lowest BCUT2D eigenvalue weighted by atomic mass is 9.79. The van der Waals surface area contributed by atoms with Gasteiger partial charge in [-0.15, -0.1) is 0 Å². The third-order valence-corrected chi connectivity index (χ3v) is 5.34. The van der Waals surface area contributed by atoms with Gasteiger partial charge in [-0.1, -0.05) is 26.2 Å². The van der Waals surface area contributed by atoms with Gasteiger partial charge >= 0.3 is 0 Å².